The van der Waals surface area contributed by atoms with E-state index in [9.17, 15) is 9.59 Å². The molecule has 1 aromatic heterocycles. The van der Waals surface area contributed by atoms with E-state index in [0.717, 1.165) is 5.56 Å². The summed E-state index contributed by atoms with van der Waals surface area (Å²) in [7, 11) is 1.82. The van der Waals surface area contributed by atoms with Crippen molar-refractivity contribution in [3.8, 4) is 5.75 Å². The molecule has 1 aliphatic rings. The standard InChI is InChI=1S/C15H15N3O3/c1-18-6-2-3-12(18)15(20)16-8-10-4-5-13-11(7-10)17-14(19)9-21-13/h2-7H,8-9H2,1H3,(H,16,20)(H,17,19). The summed E-state index contributed by atoms with van der Waals surface area (Å²) in [4.78, 5) is 23.3. The fourth-order valence-corrected chi connectivity index (χ4v) is 2.21. The average molecular weight is 285 g/mol. The molecule has 6 nitrogen and oxygen atoms in total. The van der Waals surface area contributed by atoms with E-state index in [1.54, 1.807) is 22.8 Å². The van der Waals surface area contributed by atoms with Crippen molar-refractivity contribution in [2.45, 2.75) is 6.54 Å². The highest BCUT2D eigenvalue weighted by molar-refractivity contribution is 5.95. The van der Waals surface area contributed by atoms with E-state index in [4.69, 9.17) is 4.74 Å². The van der Waals surface area contributed by atoms with E-state index in [1.807, 2.05) is 25.4 Å². The zero-order valence-electron chi connectivity index (χ0n) is 11.6. The minimum Gasteiger partial charge on any atom is -0.482 e. The number of nitrogens with one attached hydrogen (secondary N) is 2. The quantitative estimate of drug-likeness (QED) is 0.892. The van der Waals surface area contributed by atoms with Gasteiger partial charge in [0.2, 0.25) is 0 Å². The smallest absolute Gasteiger partial charge is 0.268 e. The van der Waals surface area contributed by atoms with Crippen molar-refractivity contribution in [2.75, 3.05) is 11.9 Å². The summed E-state index contributed by atoms with van der Waals surface area (Å²) < 4.78 is 7.05. The number of amides is 2. The van der Waals surface area contributed by atoms with Crippen LogP contribution in [0.3, 0.4) is 0 Å². The molecule has 0 atom stereocenters. The molecule has 0 fully saturated rings. The van der Waals surface area contributed by atoms with Gasteiger partial charge in [0.1, 0.15) is 11.4 Å². The lowest BCUT2D eigenvalue weighted by molar-refractivity contribution is -0.118. The Morgan fingerprint density at radius 1 is 1.43 bits per heavy atom. The van der Waals surface area contributed by atoms with Gasteiger partial charge in [-0.3, -0.25) is 9.59 Å². The highest BCUT2D eigenvalue weighted by Gasteiger charge is 2.16. The number of nitrogens with zero attached hydrogens (tertiary/aromatic N) is 1. The minimum atomic E-state index is -0.174. The summed E-state index contributed by atoms with van der Waals surface area (Å²) in [5.74, 6) is 0.333. The second-order valence-corrected chi connectivity index (χ2v) is 4.85. The number of fused-ring (bicyclic) bond motifs is 1. The van der Waals surface area contributed by atoms with Gasteiger partial charge in [0.05, 0.1) is 5.69 Å². The van der Waals surface area contributed by atoms with E-state index in [-0.39, 0.29) is 18.4 Å². The number of hydrogen-bond donors (Lipinski definition) is 2. The maximum atomic E-state index is 12.0. The molecule has 0 aliphatic carbocycles. The first kappa shape index (κ1) is 13.2. The highest BCUT2D eigenvalue weighted by Crippen LogP contribution is 2.28. The van der Waals surface area contributed by atoms with Crippen LogP contribution in [0, 0.1) is 0 Å². The van der Waals surface area contributed by atoms with E-state index < -0.39 is 0 Å². The van der Waals surface area contributed by atoms with E-state index in [2.05, 4.69) is 10.6 Å². The SMILES string of the molecule is Cn1cccc1C(=O)NCc1ccc2c(c1)NC(=O)CO2. The number of aryl methyl sites for hydroxylation is 1. The van der Waals surface area contributed by atoms with Crippen LogP contribution in [0.2, 0.25) is 0 Å². The Morgan fingerprint density at radius 2 is 2.29 bits per heavy atom. The van der Waals surface area contributed by atoms with E-state index in [1.165, 1.54) is 0 Å². The molecule has 0 unspecified atom stereocenters. The van der Waals surface area contributed by atoms with Crippen molar-refractivity contribution in [2.24, 2.45) is 7.05 Å². The molecule has 2 aromatic rings. The summed E-state index contributed by atoms with van der Waals surface area (Å²) in [6.45, 7) is 0.420. The van der Waals surface area contributed by atoms with Crippen molar-refractivity contribution in [1.82, 2.24) is 9.88 Å². The topological polar surface area (TPSA) is 72.4 Å². The normalized spacial score (nSPS) is 13.1. The molecule has 1 aromatic carbocycles. The Morgan fingerprint density at radius 3 is 3.05 bits per heavy atom. The monoisotopic (exact) mass is 285 g/mol. The number of ether oxygens (including phenoxy) is 1. The Labute approximate surface area is 121 Å². The van der Waals surface area contributed by atoms with E-state index in [0.29, 0.717) is 23.7 Å². The molecule has 21 heavy (non-hydrogen) atoms. The summed E-state index contributed by atoms with van der Waals surface area (Å²) in [5, 5.41) is 5.59. The lowest BCUT2D eigenvalue weighted by atomic mass is 10.1. The Hall–Kier alpha value is -2.76. The minimum absolute atomic E-state index is 0.0383. The molecule has 0 radical (unpaired) electrons. The van der Waals surface area contributed by atoms with Crippen LogP contribution in [0.5, 0.6) is 5.75 Å². The van der Waals surface area contributed by atoms with Crippen LogP contribution in [0.15, 0.2) is 36.5 Å². The van der Waals surface area contributed by atoms with Crippen LogP contribution in [0.4, 0.5) is 5.69 Å². The number of anilines is 1. The van der Waals surface area contributed by atoms with Gasteiger partial charge in [0.15, 0.2) is 6.61 Å². The van der Waals surface area contributed by atoms with Gasteiger partial charge in [-0.15, -0.1) is 0 Å². The maximum Gasteiger partial charge on any atom is 0.268 e. The fraction of sp³-hybridized carbons (Fsp3) is 0.200. The molecular formula is C15H15N3O3. The van der Waals surface area contributed by atoms with Gasteiger partial charge < -0.3 is 19.9 Å². The molecular weight excluding hydrogens is 270 g/mol. The predicted molar refractivity (Wildman–Crippen MR) is 77.1 cm³/mol. The van der Waals surface area contributed by atoms with Crippen molar-refractivity contribution < 1.29 is 14.3 Å². The third-order valence-corrected chi connectivity index (χ3v) is 3.31. The summed E-state index contributed by atoms with van der Waals surface area (Å²) in [6.07, 6.45) is 1.82. The molecule has 1 aliphatic heterocycles. The number of rotatable bonds is 3. The summed E-state index contributed by atoms with van der Waals surface area (Å²) >= 11 is 0. The first-order valence-corrected chi connectivity index (χ1v) is 6.58. The molecule has 2 amide bonds. The molecule has 6 heteroatoms. The highest BCUT2D eigenvalue weighted by atomic mass is 16.5. The van der Waals surface area contributed by atoms with Crippen LogP contribution >= 0.6 is 0 Å². The maximum absolute atomic E-state index is 12.0. The fourth-order valence-electron chi connectivity index (χ4n) is 2.21. The number of hydrogen-bond acceptors (Lipinski definition) is 3. The number of carbonyl (C=O) groups excluding carboxylic acids is 2. The largest absolute Gasteiger partial charge is 0.482 e. The van der Waals surface area contributed by atoms with E-state index >= 15 is 0 Å². The van der Waals surface area contributed by atoms with Gasteiger partial charge in [-0.05, 0) is 29.8 Å². The van der Waals surface area contributed by atoms with Crippen LogP contribution in [0.25, 0.3) is 0 Å². The third-order valence-electron chi connectivity index (χ3n) is 3.31. The van der Waals surface area contributed by atoms with Crippen LogP contribution < -0.4 is 15.4 Å². The number of benzene rings is 1. The van der Waals surface area contributed by atoms with Crippen LogP contribution in [-0.4, -0.2) is 23.0 Å². The number of carbonyl (C=O) groups is 2. The first-order chi connectivity index (χ1) is 10.1. The molecule has 0 bridgehead atoms. The van der Waals surface area contributed by atoms with Crippen molar-refractivity contribution in [3.63, 3.8) is 0 Å². The van der Waals surface area contributed by atoms with Crippen molar-refractivity contribution >= 4 is 17.5 Å². The zero-order chi connectivity index (χ0) is 14.8. The first-order valence-electron chi connectivity index (χ1n) is 6.58. The average Bonchev–Trinajstić information content (AvgIpc) is 2.90. The van der Waals surface area contributed by atoms with Gasteiger partial charge >= 0.3 is 0 Å². The Balaban J connectivity index is 1.69. The number of aromatic nitrogens is 1. The van der Waals surface area contributed by atoms with Gasteiger partial charge in [0, 0.05) is 19.8 Å². The molecule has 2 heterocycles. The lowest BCUT2D eigenvalue weighted by Crippen LogP contribution is -2.26. The van der Waals surface area contributed by atoms with Gasteiger partial charge in [0.25, 0.3) is 11.8 Å². The Bertz CT molecular complexity index is 706. The second kappa shape index (κ2) is 5.32. The zero-order valence-corrected chi connectivity index (χ0v) is 11.6. The van der Waals surface area contributed by atoms with Crippen molar-refractivity contribution in [3.05, 3.63) is 47.8 Å². The molecule has 0 saturated carbocycles. The predicted octanol–water partition coefficient (Wildman–Crippen LogP) is 1.29. The molecule has 108 valence electrons. The Kier molecular flexibility index (Phi) is 3.35. The molecule has 3 rings (SSSR count). The summed E-state index contributed by atoms with van der Waals surface area (Å²) in [6, 6.07) is 9.04. The molecule has 0 spiro atoms. The second-order valence-electron chi connectivity index (χ2n) is 4.85. The lowest BCUT2D eigenvalue weighted by Gasteiger charge is -2.18. The van der Waals surface area contributed by atoms with Crippen LogP contribution in [0.1, 0.15) is 16.1 Å². The van der Waals surface area contributed by atoms with Gasteiger partial charge in [-0.1, -0.05) is 6.07 Å². The van der Waals surface area contributed by atoms with Gasteiger partial charge in [-0.25, -0.2) is 0 Å². The molecule has 0 saturated heterocycles. The van der Waals surface area contributed by atoms with Gasteiger partial charge in [-0.2, -0.15) is 0 Å². The summed E-state index contributed by atoms with van der Waals surface area (Å²) in [5.41, 5.74) is 2.13. The van der Waals surface area contributed by atoms with Crippen LogP contribution in [-0.2, 0) is 18.4 Å². The molecule has 2 N–H and O–H groups in total. The third kappa shape index (κ3) is 2.74. The van der Waals surface area contributed by atoms with Crippen molar-refractivity contribution in [1.29, 1.82) is 0 Å².